The van der Waals surface area contributed by atoms with Gasteiger partial charge in [0.2, 0.25) is 5.91 Å². The van der Waals surface area contributed by atoms with Gasteiger partial charge < -0.3 is 10.6 Å². The van der Waals surface area contributed by atoms with Crippen molar-refractivity contribution >= 4 is 5.91 Å². The van der Waals surface area contributed by atoms with Crippen LogP contribution in [0.25, 0.3) is 0 Å². The van der Waals surface area contributed by atoms with Crippen LogP contribution in [0.2, 0.25) is 0 Å². The van der Waals surface area contributed by atoms with Gasteiger partial charge >= 0.3 is 0 Å². The molecule has 1 saturated heterocycles. The van der Waals surface area contributed by atoms with E-state index in [0.717, 1.165) is 44.7 Å². The van der Waals surface area contributed by atoms with E-state index in [0.29, 0.717) is 5.91 Å². The minimum absolute atomic E-state index is 0.219. The van der Waals surface area contributed by atoms with Crippen molar-refractivity contribution in [2.45, 2.75) is 57.9 Å². The van der Waals surface area contributed by atoms with Crippen LogP contribution in [0.3, 0.4) is 0 Å². The fourth-order valence-electron chi connectivity index (χ4n) is 3.27. The fraction of sp³-hybridized carbons (Fsp3) is 0.929. The molecule has 2 fully saturated rings. The van der Waals surface area contributed by atoms with Crippen molar-refractivity contribution in [3.8, 4) is 0 Å². The van der Waals surface area contributed by atoms with Gasteiger partial charge in [0.1, 0.15) is 0 Å². The van der Waals surface area contributed by atoms with Gasteiger partial charge in [-0.15, -0.1) is 0 Å². The van der Waals surface area contributed by atoms with Crippen molar-refractivity contribution in [3.05, 3.63) is 0 Å². The molecule has 2 N–H and O–H groups in total. The number of rotatable bonds is 2. The van der Waals surface area contributed by atoms with E-state index in [1.54, 1.807) is 0 Å². The standard InChI is InChI=1S/C14H26N2O/c1-2-11-6-8-16(9-7-11)14(17)12-4-3-5-13(15)10-12/h11-13H,2-10,15H2,1H3. The molecular weight excluding hydrogens is 212 g/mol. The molecule has 0 radical (unpaired) electrons. The highest BCUT2D eigenvalue weighted by Crippen LogP contribution is 2.27. The number of piperidine rings is 1. The number of carbonyl (C=O) groups excluding carboxylic acids is 1. The first kappa shape index (κ1) is 12.9. The Bertz CT molecular complexity index is 259. The Hall–Kier alpha value is -0.570. The van der Waals surface area contributed by atoms with E-state index in [2.05, 4.69) is 11.8 Å². The summed E-state index contributed by atoms with van der Waals surface area (Å²) >= 11 is 0. The second-order valence-electron chi connectivity index (χ2n) is 5.80. The lowest BCUT2D eigenvalue weighted by molar-refractivity contribution is -0.138. The number of hydrogen-bond donors (Lipinski definition) is 1. The zero-order valence-corrected chi connectivity index (χ0v) is 11.0. The van der Waals surface area contributed by atoms with Gasteiger partial charge in [0, 0.05) is 25.0 Å². The smallest absolute Gasteiger partial charge is 0.225 e. The SMILES string of the molecule is CCC1CCN(C(=O)C2CCCC(N)C2)CC1. The van der Waals surface area contributed by atoms with E-state index in [4.69, 9.17) is 5.73 Å². The maximum Gasteiger partial charge on any atom is 0.225 e. The Labute approximate surface area is 105 Å². The molecule has 1 saturated carbocycles. The van der Waals surface area contributed by atoms with Crippen LogP contribution < -0.4 is 5.73 Å². The van der Waals surface area contributed by atoms with E-state index in [1.165, 1.54) is 19.3 Å². The summed E-state index contributed by atoms with van der Waals surface area (Å²) in [6, 6.07) is 0.255. The maximum atomic E-state index is 12.4. The molecule has 0 aromatic heterocycles. The van der Waals surface area contributed by atoms with E-state index in [1.807, 2.05) is 0 Å². The summed E-state index contributed by atoms with van der Waals surface area (Å²) < 4.78 is 0. The number of hydrogen-bond acceptors (Lipinski definition) is 2. The van der Waals surface area contributed by atoms with Gasteiger partial charge in [-0.2, -0.15) is 0 Å². The lowest BCUT2D eigenvalue weighted by Crippen LogP contribution is -2.44. The molecule has 0 aromatic carbocycles. The molecule has 3 nitrogen and oxygen atoms in total. The first-order valence-corrected chi connectivity index (χ1v) is 7.25. The van der Waals surface area contributed by atoms with Gasteiger partial charge in [-0.1, -0.05) is 19.8 Å². The Kier molecular flexibility index (Phi) is 4.43. The van der Waals surface area contributed by atoms with Crippen LogP contribution in [-0.2, 0) is 4.79 Å². The third-order valence-electron chi connectivity index (χ3n) is 4.57. The molecule has 0 bridgehead atoms. The van der Waals surface area contributed by atoms with Gasteiger partial charge in [-0.25, -0.2) is 0 Å². The monoisotopic (exact) mass is 238 g/mol. The van der Waals surface area contributed by atoms with Gasteiger partial charge in [0.25, 0.3) is 0 Å². The third kappa shape index (κ3) is 3.21. The van der Waals surface area contributed by atoms with Gasteiger partial charge in [-0.3, -0.25) is 4.79 Å². The molecule has 2 rings (SSSR count). The summed E-state index contributed by atoms with van der Waals surface area (Å²) in [4.78, 5) is 14.5. The number of likely N-dealkylation sites (tertiary alicyclic amines) is 1. The van der Waals surface area contributed by atoms with Crippen LogP contribution in [0.1, 0.15) is 51.9 Å². The van der Waals surface area contributed by atoms with Crippen molar-refractivity contribution in [2.24, 2.45) is 17.6 Å². The minimum atomic E-state index is 0.219. The van der Waals surface area contributed by atoms with Crippen LogP contribution in [-0.4, -0.2) is 29.9 Å². The normalized spacial score (nSPS) is 31.5. The first-order chi connectivity index (χ1) is 8.20. The third-order valence-corrected chi connectivity index (χ3v) is 4.57. The number of carbonyl (C=O) groups is 1. The van der Waals surface area contributed by atoms with Crippen LogP contribution in [0, 0.1) is 11.8 Å². The van der Waals surface area contributed by atoms with Crippen molar-refractivity contribution in [1.29, 1.82) is 0 Å². The molecule has 2 unspecified atom stereocenters. The zero-order valence-electron chi connectivity index (χ0n) is 11.0. The van der Waals surface area contributed by atoms with E-state index >= 15 is 0 Å². The zero-order chi connectivity index (χ0) is 12.3. The lowest BCUT2D eigenvalue weighted by atomic mass is 9.84. The van der Waals surface area contributed by atoms with E-state index in [9.17, 15) is 4.79 Å². The molecule has 1 aliphatic heterocycles. The Balaban J connectivity index is 1.83. The molecule has 0 aromatic rings. The number of nitrogens with two attached hydrogens (primary N) is 1. The predicted molar refractivity (Wildman–Crippen MR) is 69.5 cm³/mol. The predicted octanol–water partition coefficient (Wildman–Crippen LogP) is 2.15. The maximum absolute atomic E-state index is 12.4. The summed E-state index contributed by atoms with van der Waals surface area (Å²) in [5, 5.41) is 0. The quantitative estimate of drug-likeness (QED) is 0.801. The summed E-state index contributed by atoms with van der Waals surface area (Å²) in [6.45, 7) is 4.20. The van der Waals surface area contributed by atoms with Gasteiger partial charge in [0.05, 0.1) is 0 Å². The average molecular weight is 238 g/mol. The molecule has 2 atom stereocenters. The summed E-state index contributed by atoms with van der Waals surface area (Å²) in [6.07, 6.45) is 7.84. The van der Waals surface area contributed by atoms with E-state index < -0.39 is 0 Å². The van der Waals surface area contributed by atoms with Crippen molar-refractivity contribution in [1.82, 2.24) is 4.90 Å². The number of nitrogens with zero attached hydrogens (tertiary/aromatic N) is 1. The average Bonchev–Trinajstić information content (AvgIpc) is 2.38. The number of amides is 1. The fourth-order valence-corrected chi connectivity index (χ4v) is 3.27. The Morgan fingerprint density at radius 3 is 2.53 bits per heavy atom. The van der Waals surface area contributed by atoms with Crippen LogP contribution in [0.5, 0.6) is 0 Å². The molecule has 3 heteroatoms. The minimum Gasteiger partial charge on any atom is -0.342 e. The van der Waals surface area contributed by atoms with E-state index in [-0.39, 0.29) is 12.0 Å². The van der Waals surface area contributed by atoms with Crippen molar-refractivity contribution < 1.29 is 4.79 Å². The van der Waals surface area contributed by atoms with Crippen LogP contribution >= 0.6 is 0 Å². The largest absolute Gasteiger partial charge is 0.342 e. The molecule has 1 amide bonds. The molecular formula is C14H26N2O. The van der Waals surface area contributed by atoms with Crippen LogP contribution in [0.15, 0.2) is 0 Å². The van der Waals surface area contributed by atoms with Crippen molar-refractivity contribution in [3.63, 3.8) is 0 Å². The van der Waals surface area contributed by atoms with Crippen molar-refractivity contribution in [2.75, 3.05) is 13.1 Å². The Morgan fingerprint density at radius 1 is 1.24 bits per heavy atom. The Morgan fingerprint density at radius 2 is 1.94 bits per heavy atom. The highest BCUT2D eigenvalue weighted by Gasteiger charge is 2.30. The second-order valence-corrected chi connectivity index (χ2v) is 5.80. The summed E-state index contributed by atoms with van der Waals surface area (Å²) in [5.74, 6) is 1.44. The summed E-state index contributed by atoms with van der Waals surface area (Å²) in [5.41, 5.74) is 5.97. The molecule has 98 valence electrons. The van der Waals surface area contributed by atoms with Crippen LogP contribution in [0.4, 0.5) is 0 Å². The first-order valence-electron chi connectivity index (χ1n) is 7.25. The molecule has 1 aliphatic carbocycles. The molecule has 0 spiro atoms. The lowest BCUT2D eigenvalue weighted by Gasteiger charge is -2.36. The highest BCUT2D eigenvalue weighted by molar-refractivity contribution is 5.79. The van der Waals surface area contributed by atoms with Gasteiger partial charge in [0.15, 0.2) is 0 Å². The van der Waals surface area contributed by atoms with Gasteiger partial charge in [-0.05, 0) is 38.0 Å². The summed E-state index contributed by atoms with van der Waals surface area (Å²) in [7, 11) is 0. The molecule has 17 heavy (non-hydrogen) atoms. The molecule has 2 aliphatic rings. The topological polar surface area (TPSA) is 46.3 Å². The highest BCUT2D eigenvalue weighted by atomic mass is 16.2. The second kappa shape index (κ2) is 5.85. The molecule has 1 heterocycles.